The van der Waals surface area contributed by atoms with Crippen LogP contribution in [0.2, 0.25) is 0 Å². The summed E-state index contributed by atoms with van der Waals surface area (Å²) in [5.74, 6) is -0.375. The Balaban J connectivity index is 1.86. The largest absolute Gasteiger partial charge is 0.504 e. The highest BCUT2D eigenvalue weighted by molar-refractivity contribution is 5.95. The number of carbonyl (C=O) groups excluding carboxylic acids is 1. The van der Waals surface area contributed by atoms with Crippen LogP contribution in [0.25, 0.3) is 5.69 Å². The lowest BCUT2D eigenvalue weighted by molar-refractivity contribution is 0.0699. The lowest BCUT2D eigenvalue weighted by atomic mass is 10.1. The molecule has 0 saturated carbocycles. The molecule has 1 fully saturated rings. The molecule has 0 aliphatic carbocycles. The Bertz CT molecular complexity index is 638. The number of likely N-dealkylation sites (tertiary alicyclic amines) is 1. The molecule has 0 radical (unpaired) electrons. The van der Waals surface area contributed by atoms with Crippen molar-refractivity contribution in [3.8, 4) is 11.4 Å². The van der Waals surface area contributed by atoms with E-state index in [1.165, 1.54) is 10.9 Å². The molecule has 110 valence electrons. The van der Waals surface area contributed by atoms with Gasteiger partial charge in [0, 0.05) is 19.1 Å². The Morgan fingerprint density at radius 2 is 2.10 bits per heavy atom. The Kier molecular flexibility index (Phi) is 3.62. The average Bonchev–Trinajstić information content (AvgIpc) is 2.89. The maximum absolute atomic E-state index is 12.4. The van der Waals surface area contributed by atoms with Crippen LogP contribution in [0.5, 0.6) is 5.75 Å². The van der Waals surface area contributed by atoms with Crippen molar-refractivity contribution in [1.82, 2.24) is 14.7 Å². The minimum Gasteiger partial charge on any atom is -0.504 e. The summed E-state index contributed by atoms with van der Waals surface area (Å²) in [6, 6.07) is 9.36. The molecule has 1 aromatic carbocycles. The molecule has 0 spiro atoms. The highest BCUT2D eigenvalue weighted by Crippen LogP contribution is 2.21. The number of hydrogen-bond donors (Lipinski definition) is 2. The van der Waals surface area contributed by atoms with E-state index in [4.69, 9.17) is 5.73 Å². The van der Waals surface area contributed by atoms with Gasteiger partial charge in [0.2, 0.25) is 0 Å². The SMILES string of the molecule is NC1CCCN(C(=O)c2nn(-c3ccccc3)cc2O)C1. The van der Waals surface area contributed by atoms with Gasteiger partial charge in [-0.2, -0.15) is 5.10 Å². The van der Waals surface area contributed by atoms with Crippen LogP contribution in [0.3, 0.4) is 0 Å². The van der Waals surface area contributed by atoms with Crippen LogP contribution in [0, 0.1) is 0 Å². The summed E-state index contributed by atoms with van der Waals surface area (Å²) in [6.45, 7) is 1.17. The molecule has 1 saturated heterocycles. The van der Waals surface area contributed by atoms with Gasteiger partial charge in [-0.05, 0) is 25.0 Å². The molecule has 1 amide bonds. The zero-order valence-corrected chi connectivity index (χ0v) is 11.6. The summed E-state index contributed by atoms with van der Waals surface area (Å²) in [6.07, 6.45) is 3.26. The molecule has 1 atom stereocenters. The molecule has 2 aromatic rings. The summed E-state index contributed by atoms with van der Waals surface area (Å²) in [7, 11) is 0. The third-order valence-corrected chi connectivity index (χ3v) is 3.66. The smallest absolute Gasteiger partial charge is 0.278 e. The topological polar surface area (TPSA) is 84.4 Å². The number of amides is 1. The predicted molar refractivity (Wildman–Crippen MR) is 78.3 cm³/mol. The quantitative estimate of drug-likeness (QED) is 0.867. The zero-order valence-electron chi connectivity index (χ0n) is 11.6. The van der Waals surface area contributed by atoms with Crippen molar-refractivity contribution in [2.75, 3.05) is 13.1 Å². The van der Waals surface area contributed by atoms with Crippen LogP contribution in [0.4, 0.5) is 0 Å². The lowest BCUT2D eigenvalue weighted by Gasteiger charge is -2.30. The molecule has 1 unspecified atom stereocenters. The van der Waals surface area contributed by atoms with Gasteiger partial charge in [0.05, 0.1) is 11.9 Å². The van der Waals surface area contributed by atoms with Gasteiger partial charge in [-0.15, -0.1) is 0 Å². The number of nitrogens with two attached hydrogens (primary N) is 1. The van der Waals surface area contributed by atoms with Crippen molar-refractivity contribution in [1.29, 1.82) is 0 Å². The van der Waals surface area contributed by atoms with E-state index in [0.29, 0.717) is 13.1 Å². The fourth-order valence-corrected chi connectivity index (χ4v) is 2.57. The molecule has 1 aliphatic heterocycles. The standard InChI is InChI=1S/C15H18N4O2/c16-11-5-4-8-18(9-11)15(21)14-13(20)10-19(17-14)12-6-2-1-3-7-12/h1-3,6-7,10-11,20H,4-5,8-9,16H2. The Labute approximate surface area is 122 Å². The van der Waals surface area contributed by atoms with Crippen LogP contribution in [0.15, 0.2) is 36.5 Å². The maximum atomic E-state index is 12.4. The average molecular weight is 286 g/mol. The molecular formula is C15H18N4O2. The predicted octanol–water partition coefficient (Wildman–Crippen LogP) is 1.14. The zero-order chi connectivity index (χ0) is 14.8. The van der Waals surface area contributed by atoms with Gasteiger partial charge in [-0.1, -0.05) is 18.2 Å². The van der Waals surface area contributed by atoms with E-state index < -0.39 is 0 Å². The molecule has 1 aromatic heterocycles. The molecule has 1 aliphatic rings. The van der Waals surface area contributed by atoms with Crippen molar-refractivity contribution in [3.63, 3.8) is 0 Å². The summed E-state index contributed by atoms with van der Waals surface area (Å²) in [4.78, 5) is 14.1. The van der Waals surface area contributed by atoms with E-state index in [2.05, 4.69) is 5.10 Å². The van der Waals surface area contributed by atoms with E-state index >= 15 is 0 Å². The first kappa shape index (κ1) is 13.6. The summed E-state index contributed by atoms with van der Waals surface area (Å²) in [5, 5.41) is 14.2. The monoisotopic (exact) mass is 286 g/mol. The number of piperidine rings is 1. The molecule has 21 heavy (non-hydrogen) atoms. The van der Waals surface area contributed by atoms with E-state index in [0.717, 1.165) is 18.5 Å². The maximum Gasteiger partial charge on any atom is 0.278 e. The van der Waals surface area contributed by atoms with Gasteiger partial charge < -0.3 is 15.7 Å². The van der Waals surface area contributed by atoms with Crippen LogP contribution in [-0.4, -0.2) is 44.8 Å². The molecular weight excluding hydrogens is 268 g/mol. The number of hydrogen-bond acceptors (Lipinski definition) is 4. The first-order valence-corrected chi connectivity index (χ1v) is 7.04. The Morgan fingerprint density at radius 1 is 1.33 bits per heavy atom. The van der Waals surface area contributed by atoms with Crippen molar-refractivity contribution >= 4 is 5.91 Å². The number of rotatable bonds is 2. The van der Waals surface area contributed by atoms with E-state index in [-0.39, 0.29) is 23.4 Å². The second-order valence-electron chi connectivity index (χ2n) is 5.30. The fraction of sp³-hybridized carbons (Fsp3) is 0.333. The minimum absolute atomic E-state index is 0.000974. The van der Waals surface area contributed by atoms with Crippen LogP contribution in [-0.2, 0) is 0 Å². The third-order valence-electron chi connectivity index (χ3n) is 3.66. The fourth-order valence-electron chi connectivity index (χ4n) is 2.57. The first-order chi connectivity index (χ1) is 10.1. The number of para-hydroxylation sites is 1. The molecule has 2 heterocycles. The molecule has 3 rings (SSSR count). The summed E-state index contributed by atoms with van der Waals surface area (Å²) in [5.41, 5.74) is 6.76. The summed E-state index contributed by atoms with van der Waals surface area (Å²) >= 11 is 0. The van der Waals surface area contributed by atoms with Gasteiger partial charge in [0.15, 0.2) is 11.4 Å². The first-order valence-electron chi connectivity index (χ1n) is 7.04. The van der Waals surface area contributed by atoms with Crippen molar-refractivity contribution in [2.24, 2.45) is 5.73 Å². The van der Waals surface area contributed by atoms with E-state index in [1.807, 2.05) is 30.3 Å². The van der Waals surface area contributed by atoms with Crippen molar-refractivity contribution in [2.45, 2.75) is 18.9 Å². The number of carbonyl (C=O) groups is 1. The van der Waals surface area contributed by atoms with Gasteiger partial charge in [0.1, 0.15) is 0 Å². The van der Waals surface area contributed by atoms with E-state index in [1.54, 1.807) is 4.90 Å². The lowest BCUT2D eigenvalue weighted by Crippen LogP contribution is -2.45. The number of benzene rings is 1. The second kappa shape index (κ2) is 5.57. The van der Waals surface area contributed by atoms with Crippen LogP contribution >= 0.6 is 0 Å². The molecule has 6 heteroatoms. The number of aromatic nitrogens is 2. The second-order valence-corrected chi connectivity index (χ2v) is 5.30. The molecule has 0 bridgehead atoms. The third kappa shape index (κ3) is 2.75. The van der Waals surface area contributed by atoms with Gasteiger partial charge in [-0.25, -0.2) is 4.68 Å². The van der Waals surface area contributed by atoms with Crippen LogP contribution < -0.4 is 5.73 Å². The number of nitrogens with zero attached hydrogens (tertiary/aromatic N) is 3. The van der Waals surface area contributed by atoms with Crippen LogP contribution in [0.1, 0.15) is 23.3 Å². The van der Waals surface area contributed by atoms with Gasteiger partial charge >= 0.3 is 0 Å². The molecule has 3 N–H and O–H groups in total. The highest BCUT2D eigenvalue weighted by atomic mass is 16.3. The van der Waals surface area contributed by atoms with Gasteiger partial charge in [-0.3, -0.25) is 4.79 Å². The summed E-state index contributed by atoms with van der Waals surface area (Å²) < 4.78 is 1.51. The number of aromatic hydroxyl groups is 1. The Hall–Kier alpha value is -2.34. The Morgan fingerprint density at radius 3 is 2.81 bits per heavy atom. The van der Waals surface area contributed by atoms with E-state index in [9.17, 15) is 9.90 Å². The van der Waals surface area contributed by atoms with Crippen molar-refractivity contribution < 1.29 is 9.90 Å². The van der Waals surface area contributed by atoms with Gasteiger partial charge in [0.25, 0.3) is 5.91 Å². The highest BCUT2D eigenvalue weighted by Gasteiger charge is 2.26. The molecule has 6 nitrogen and oxygen atoms in total. The normalized spacial score (nSPS) is 18.7. The van der Waals surface area contributed by atoms with Crippen molar-refractivity contribution in [3.05, 3.63) is 42.2 Å². The minimum atomic E-state index is -0.266.